The maximum absolute atomic E-state index is 6.19. The van der Waals surface area contributed by atoms with Crippen LogP contribution in [-0.2, 0) is 6.54 Å². The normalized spacial score (nSPS) is 10.6. The Hall–Kier alpha value is -2.93. The number of fused-ring (bicyclic) bond motifs is 1. The van der Waals surface area contributed by atoms with Gasteiger partial charge in [0.15, 0.2) is 11.5 Å². The Morgan fingerprint density at radius 2 is 1.63 bits per heavy atom. The fourth-order valence-electron chi connectivity index (χ4n) is 2.81. The number of anilines is 1. The van der Waals surface area contributed by atoms with E-state index in [2.05, 4.69) is 15.3 Å². The van der Waals surface area contributed by atoms with E-state index in [9.17, 15) is 0 Å². The molecule has 0 aliphatic carbocycles. The Morgan fingerprint density at radius 1 is 0.889 bits per heavy atom. The van der Waals surface area contributed by atoms with Crippen LogP contribution in [0.4, 0.5) is 5.82 Å². The molecular weight excluding hydrogens is 370 g/mol. The minimum atomic E-state index is 0.485. The fraction of sp³-hybridized carbons (Fsp3) is 0.263. The molecule has 0 atom stereocenters. The minimum Gasteiger partial charge on any atom is -0.495 e. The van der Waals surface area contributed by atoms with Crippen LogP contribution < -0.4 is 24.3 Å². The van der Waals surface area contributed by atoms with Gasteiger partial charge in [0.25, 0.3) is 0 Å². The number of halogens is 1. The van der Waals surface area contributed by atoms with Gasteiger partial charge in [-0.1, -0.05) is 17.7 Å². The number of benzene rings is 2. The third kappa shape index (κ3) is 3.64. The minimum absolute atomic E-state index is 0.485. The van der Waals surface area contributed by atoms with E-state index in [0.717, 1.165) is 10.9 Å². The van der Waals surface area contributed by atoms with Crippen LogP contribution in [-0.4, -0.2) is 38.4 Å². The third-order valence-electron chi connectivity index (χ3n) is 4.11. The van der Waals surface area contributed by atoms with E-state index in [1.54, 1.807) is 28.4 Å². The van der Waals surface area contributed by atoms with Crippen molar-refractivity contribution in [3.8, 4) is 23.0 Å². The Kier molecular flexibility index (Phi) is 5.71. The van der Waals surface area contributed by atoms with Crippen LogP contribution >= 0.6 is 11.6 Å². The summed E-state index contributed by atoms with van der Waals surface area (Å²) in [6.45, 7) is 0.520. The molecule has 8 heteroatoms. The van der Waals surface area contributed by atoms with Crippen LogP contribution in [0.15, 0.2) is 30.6 Å². The molecule has 0 aliphatic rings. The van der Waals surface area contributed by atoms with Crippen molar-refractivity contribution in [2.75, 3.05) is 33.8 Å². The summed E-state index contributed by atoms with van der Waals surface area (Å²) in [6, 6.07) is 7.43. The lowest BCUT2D eigenvalue weighted by Gasteiger charge is -2.16. The van der Waals surface area contributed by atoms with E-state index in [0.29, 0.717) is 45.9 Å². The molecule has 0 spiro atoms. The summed E-state index contributed by atoms with van der Waals surface area (Å²) in [5, 5.41) is 4.62. The highest BCUT2D eigenvalue weighted by Gasteiger charge is 2.19. The zero-order chi connectivity index (χ0) is 19.4. The molecule has 7 nitrogen and oxygen atoms in total. The Balaban J connectivity index is 1.98. The monoisotopic (exact) mass is 389 g/mol. The number of methoxy groups -OCH3 is 4. The lowest BCUT2D eigenvalue weighted by Crippen LogP contribution is -2.04. The number of nitrogens with one attached hydrogen (secondary N) is 1. The lowest BCUT2D eigenvalue weighted by atomic mass is 10.1. The second-order valence-corrected chi connectivity index (χ2v) is 5.99. The van der Waals surface area contributed by atoms with Gasteiger partial charge in [-0.15, -0.1) is 0 Å². The molecule has 0 amide bonds. The first kappa shape index (κ1) is 18.8. The molecule has 2 aromatic carbocycles. The molecule has 0 unspecified atom stereocenters. The van der Waals surface area contributed by atoms with Crippen LogP contribution in [0.5, 0.6) is 23.0 Å². The zero-order valence-electron chi connectivity index (χ0n) is 15.5. The van der Waals surface area contributed by atoms with Crippen molar-refractivity contribution in [3.63, 3.8) is 0 Å². The number of rotatable bonds is 7. The average Bonchev–Trinajstić information content (AvgIpc) is 2.70. The maximum Gasteiger partial charge on any atom is 0.205 e. The molecule has 0 aliphatic heterocycles. The van der Waals surface area contributed by atoms with Gasteiger partial charge in [0, 0.05) is 6.54 Å². The maximum atomic E-state index is 6.19. The van der Waals surface area contributed by atoms with E-state index in [4.69, 9.17) is 30.5 Å². The van der Waals surface area contributed by atoms with Crippen molar-refractivity contribution >= 4 is 28.3 Å². The van der Waals surface area contributed by atoms with Crippen molar-refractivity contribution in [2.24, 2.45) is 0 Å². The molecule has 1 N–H and O–H groups in total. The molecule has 3 rings (SSSR count). The highest BCUT2D eigenvalue weighted by atomic mass is 35.5. The van der Waals surface area contributed by atoms with Gasteiger partial charge in [-0.2, -0.15) is 0 Å². The van der Waals surface area contributed by atoms with Crippen molar-refractivity contribution in [2.45, 2.75) is 6.54 Å². The highest BCUT2D eigenvalue weighted by Crippen LogP contribution is 2.43. The largest absolute Gasteiger partial charge is 0.495 e. The molecule has 0 fully saturated rings. The molecule has 142 valence electrons. The number of hydrogen-bond donors (Lipinski definition) is 1. The zero-order valence-corrected chi connectivity index (χ0v) is 16.3. The number of ether oxygens (including phenoxy) is 4. The van der Waals surface area contributed by atoms with Crippen molar-refractivity contribution in [1.82, 2.24) is 9.97 Å². The first-order valence-corrected chi connectivity index (χ1v) is 8.50. The van der Waals surface area contributed by atoms with E-state index >= 15 is 0 Å². The van der Waals surface area contributed by atoms with Gasteiger partial charge >= 0.3 is 0 Å². The number of nitrogens with zero attached hydrogens (tertiary/aromatic N) is 2. The Bertz CT molecular complexity index is 965. The first-order chi connectivity index (χ1) is 13.1. The third-order valence-corrected chi connectivity index (χ3v) is 4.40. The molecule has 3 aromatic rings. The van der Waals surface area contributed by atoms with Gasteiger partial charge in [-0.3, -0.25) is 0 Å². The second-order valence-electron chi connectivity index (χ2n) is 5.59. The van der Waals surface area contributed by atoms with Crippen molar-refractivity contribution in [3.05, 3.63) is 41.2 Å². The summed E-state index contributed by atoms with van der Waals surface area (Å²) in [7, 11) is 6.27. The van der Waals surface area contributed by atoms with E-state index in [1.165, 1.54) is 6.33 Å². The van der Waals surface area contributed by atoms with E-state index < -0.39 is 0 Å². The Morgan fingerprint density at radius 3 is 2.26 bits per heavy atom. The summed E-state index contributed by atoms with van der Waals surface area (Å²) >= 11 is 6.19. The Labute approximate surface area is 162 Å². The molecule has 27 heavy (non-hydrogen) atoms. The van der Waals surface area contributed by atoms with Gasteiger partial charge in [0.2, 0.25) is 5.75 Å². The van der Waals surface area contributed by atoms with Gasteiger partial charge in [-0.25, -0.2) is 9.97 Å². The standard InChI is InChI=1S/C19H20ClN3O4/c1-24-14-6-5-11(7-13(14)20)9-21-19-12-8-15(25-2)17(26-3)18(27-4)16(12)22-10-23-19/h5-8,10H,9H2,1-4H3,(H,21,22,23). The van der Waals surface area contributed by atoms with Crippen LogP contribution in [0.1, 0.15) is 5.56 Å². The molecule has 1 heterocycles. The molecule has 0 saturated heterocycles. The van der Waals surface area contributed by atoms with E-state index in [-0.39, 0.29) is 0 Å². The van der Waals surface area contributed by atoms with Gasteiger partial charge in [0.05, 0.1) is 38.8 Å². The van der Waals surface area contributed by atoms with Gasteiger partial charge in [-0.05, 0) is 23.8 Å². The summed E-state index contributed by atoms with van der Waals surface area (Å²) in [5.41, 5.74) is 1.61. The van der Waals surface area contributed by atoms with E-state index in [1.807, 2.05) is 24.3 Å². The summed E-state index contributed by atoms with van der Waals surface area (Å²) in [6.07, 6.45) is 1.47. The predicted octanol–water partition coefficient (Wildman–Crippen LogP) is 3.93. The quantitative estimate of drug-likeness (QED) is 0.656. The molecule has 0 radical (unpaired) electrons. The van der Waals surface area contributed by atoms with Crippen LogP contribution in [0.3, 0.4) is 0 Å². The fourth-order valence-corrected chi connectivity index (χ4v) is 3.09. The van der Waals surface area contributed by atoms with Crippen molar-refractivity contribution in [1.29, 1.82) is 0 Å². The molecule has 1 aromatic heterocycles. The average molecular weight is 390 g/mol. The van der Waals surface area contributed by atoms with Gasteiger partial charge in [0.1, 0.15) is 23.4 Å². The van der Waals surface area contributed by atoms with Crippen LogP contribution in [0, 0.1) is 0 Å². The second kappa shape index (κ2) is 8.18. The number of hydrogen-bond acceptors (Lipinski definition) is 7. The van der Waals surface area contributed by atoms with Crippen LogP contribution in [0.25, 0.3) is 10.9 Å². The smallest absolute Gasteiger partial charge is 0.205 e. The highest BCUT2D eigenvalue weighted by molar-refractivity contribution is 6.32. The SMILES string of the molecule is COc1ccc(CNc2ncnc3c(OC)c(OC)c(OC)cc23)cc1Cl. The lowest BCUT2D eigenvalue weighted by molar-refractivity contribution is 0.327. The summed E-state index contributed by atoms with van der Waals surface area (Å²) < 4.78 is 21.5. The molecule has 0 bridgehead atoms. The van der Waals surface area contributed by atoms with Crippen LogP contribution in [0.2, 0.25) is 5.02 Å². The van der Waals surface area contributed by atoms with Gasteiger partial charge < -0.3 is 24.3 Å². The first-order valence-electron chi connectivity index (χ1n) is 8.12. The molecule has 0 saturated carbocycles. The summed E-state index contributed by atoms with van der Waals surface area (Å²) in [4.78, 5) is 8.69. The summed E-state index contributed by atoms with van der Waals surface area (Å²) in [5.74, 6) is 2.79. The molecular formula is C19H20ClN3O4. The predicted molar refractivity (Wildman–Crippen MR) is 105 cm³/mol. The number of aromatic nitrogens is 2. The van der Waals surface area contributed by atoms with Crippen molar-refractivity contribution < 1.29 is 18.9 Å². The topological polar surface area (TPSA) is 74.7 Å².